The first-order valence-corrected chi connectivity index (χ1v) is 16.1. The summed E-state index contributed by atoms with van der Waals surface area (Å²) in [6, 6.07) is 32.5. The summed E-state index contributed by atoms with van der Waals surface area (Å²) in [6.45, 7) is 6.15. The van der Waals surface area contributed by atoms with E-state index in [0.29, 0.717) is 23.4 Å². The molecule has 2 aliphatic rings. The van der Waals surface area contributed by atoms with Crippen molar-refractivity contribution in [2.75, 3.05) is 16.8 Å². The highest BCUT2D eigenvalue weighted by atomic mass is 16.6. The third-order valence-corrected chi connectivity index (χ3v) is 9.15. The number of carbonyl (C=O) groups excluding carboxylic acids is 3. The molecule has 2 atom stereocenters. The van der Waals surface area contributed by atoms with E-state index >= 15 is 0 Å². The number of alkyl carbamates (subject to hydrolysis) is 1. The van der Waals surface area contributed by atoms with Crippen molar-refractivity contribution < 1.29 is 19.1 Å². The Kier molecular flexibility index (Phi) is 8.67. The normalized spacial score (nSPS) is 19.2. The molecule has 1 aliphatic heterocycles. The maximum Gasteiger partial charge on any atom is 0.407 e. The van der Waals surface area contributed by atoms with Gasteiger partial charge in [0.25, 0.3) is 11.8 Å². The summed E-state index contributed by atoms with van der Waals surface area (Å²) in [5, 5.41) is 6.18. The van der Waals surface area contributed by atoms with Gasteiger partial charge in [0.2, 0.25) is 0 Å². The van der Waals surface area contributed by atoms with E-state index in [2.05, 4.69) is 16.7 Å². The van der Waals surface area contributed by atoms with Gasteiger partial charge < -0.3 is 20.3 Å². The van der Waals surface area contributed by atoms with Crippen molar-refractivity contribution in [2.24, 2.45) is 5.41 Å². The zero-order chi connectivity index (χ0) is 32.3. The summed E-state index contributed by atoms with van der Waals surface area (Å²) in [4.78, 5) is 42.0. The van der Waals surface area contributed by atoms with Crippen LogP contribution in [0.3, 0.4) is 0 Å². The highest BCUT2D eigenvalue weighted by Gasteiger charge is 2.46. The van der Waals surface area contributed by atoms with E-state index < -0.39 is 5.60 Å². The van der Waals surface area contributed by atoms with Crippen molar-refractivity contribution in [3.8, 4) is 11.1 Å². The zero-order valence-electron chi connectivity index (χ0n) is 26.7. The second kappa shape index (κ2) is 12.8. The third kappa shape index (κ3) is 6.69. The molecule has 46 heavy (non-hydrogen) atoms. The molecule has 7 nitrogen and oxygen atoms in total. The van der Waals surface area contributed by atoms with Crippen LogP contribution in [0.5, 0.6) is 0 Å². The number of fused-ring (bicyclic) bond motifs is 1. The maximum atomic E-state index is 14.0. The van der Waals surface area contributed by atoms with Gasteiger partial charge in [0, 0.05) is 35.1 Å². The van der Waals surface area contributed by atoms with Crippen LogP contribution in [0, 0.1) is 5.41 Å². The van der Waals surface area contributed by atoms with E-state index in [4.69, 9.17) is 4.74 Å². The summed E-state index contributed by atoms with van der Waals surface area (Å²) >= 11 is 0. The number of carbonyl (C=O) groups is 3. The Morgan fingerprint density at radius 2 is 1.52 bits per heavy atom. The Labute approximate surface area is 271 Å². The molecule has 1 aliphatic carbocycles. The average Bonchev–Trinajstić information content (AvgIpc) is 3.33. The van der Waals surface area contributed by atoms with Crippen LogP contribution >= 0.6 is 0 Å². The first-order valence-electron chi connectivity index (χ1n) is 16.1. The quantitative estimate of drug-likeness (QED) is 0.237. The minimum absolute atomic E-state index is 0.0274. The van der Waals surface area contributed by atoms with Gasteiger partial charge >= 0.3 is 6.09 Å². The number of hydrogen-bond acceptors (Lipinski definition) is 4. The van der Waals surface area contributed by atoms with Gasteiger partial charge in [-0.05, 0) is 105 Å². The zero-order valence-corrected chi connectivity index (χ0v) is 26.7. The summed E-state index contributed by atoms with van der Waals surface area (Å²) in [5.41, 5.74) is 4.84. The maximum absolute atomic E-state index is 14.0. The molecule has 0 bridgehead atoms. The number of ether oxygens (including phenoxy) is 1. The largest absolute Gasteiger partial charge is 0.444 e. The fraction of sp³-hybridized carbons (Fsp3) is 0.308. The minimum Gasteiger partial charge on any atom is -0.444 e. The number of hydrogen-bond donors (Lipinski definition) is 2. The monoisotopic (exact) mass is 615 g/mol. The summed E-state index contributed by atoms with van der Waals surface area (Å²) in [5.74, 6) is -0.303. The van der Waals surface area contributed by atoms with Gasteiger partial charge in [-0.1, -0.05) is 73.2 Å². The standard InChI is InChI=1S/C39H41N3O4/c1-38(2,3)46-37(45)41-34-18-11-23-39(34)24-25-42(33-17-10-7-14-29(33)26-39)36(44)28-19-21-30(22-20-28)40-35(43)32-16-9-8-15-31(32)27-12-5-4-6-13-27/h4-10,12-17,19-22,34H,11,18,23-26H2,1-3H3,(H,40,43)(H,41,45). The highest BCUT2D eigenvalue weighted by molar-refractivity contribution is 6.10. The molecule has 0 radical (unpaired) electrons. The summed E-state index contributed by atoms with van der Waals surface area (Å²) < 4.78 is 5.60. The van der Waals surface area contributed by atoms with Gasteiger partial charge in [0.15, 0.2) is 0 Å². The van der Waals surface area contributed by atoms with E-state index in [1.165, 1.54) is 0 Å². The Morgan fingerprint density at radius 3 is 2.28 bits per heavy atom. The third-order valence-electron chi connectivity index (χ3n) is 9.15. The second-order valence-electron chi connectivity index (χ2n) is 13.4. The van der Waals surface area contributed by atoms with Crippen LogP contribution in [-0.2, 0) is 11.2 Å². The smallest absolute Gasteiger partial charge is 0.407 e. The molecule has 7 heteroatoms. The molecule has 0 aromatic heterocycles. The number of nitrogens with one attached hydrogen (secondary N) is 2. The molecular weight excluding hydrogens is 574 g/mol. The van der Waals surface area contributed by atoms with Crippen LogP contribution < -0.4 is 15.5 Å². The molecule has 236 valence electrons. The van der Waals surface area contributed by atoms with Gasteiger partial charge in [-0.15, -0.1) is 0 Å². The number of anilines is 2. The molecule has 1 spiro atoms. The van der Waals surface area contributed by atoms with Crippen LogP contribution in [0.4, 0.5) is 16.2 Å². The summed E-state index contributed by atoms with van der Waals surface area (Å²) in [6.07, 6.45) is 4.04. The van der Waals surface area contributed by atoms with Crippen molar-refractivity contribution in [1.82, 2.24) is 5.32 Å². The lowest BCUT2D eigenvalue weighted by atomic mass is 9.75. The Hall–Kier alpha value is -4.91. The van der Waals surface area contributed by atoms with Crippen LogP contribution in [0.2, 0.25) is 0 Å². The van der Waals surface area contributed by atoms with E-state index in [1.807, 2.05) is 98.5 Å². The molecule has 1 fully saturated rings. The lowest BCUT2D eigenvalue weighted by Gasteiger charge is -2.36. The lowest BCUT2D eigenvalue weighted by molar-refractivity contribution is 0.0454. The second-order valence-corrected chi connectivity index (χ2v) is 13.4. The van der Waals surface area contributed by atoms with E-state index in [9.17, 15) is 14.4 Å². The molecule has 4 aromatic carbocycles. The molecule has 1 heterocycles. The predicted molar refractivity (Wildman–Crippen MR) is 182 cm³/mol. The molecule has 0 saturated heterocycles. The van der Waals surface area contributed by atoms with Crippen LogP contribution in [-0.4, -0.2) is 36.1 Å². The molecule has 3 amide bonds. The van der Waals surface area contributed by atoms with Gasteiger partial charge in [0.05, 0.1) is 0 Å². The molecule has 4 aromatic rings. The fourth-order valence-electron chi connectivity index (χ4n) is 6.98. The number of para-hydroxylation sites is 1. The Balaban J connectivity index is 1.19. The van der Waals surface area contributed by atoms with Crippen LogP contribution in [0.1, 0.15) is 72.7 Å². The predicted octanol–water partition coefficient (Wildman–Crippen LogP) is 8.26. The minimum atomic E-state index is -0.569. The molecule has 6 rings (SSSR count). The van der Waals surface area contributed by atoms with Crippen molar-refractivity contribution in [3.05, 3.63) is 120 Å². The number of benzene rings is 4. The van der Waals surface area contributed by atoms with E-state index in [0.717, 1.165) is 54.5 Å². The van der Waals surface area contributed by atoms with Gasteiger partial charge in [-0.2, -0.15) is 0 Å². The molecule has 2 unspecified atom stereocenters. The number of rotatable bonds is 5. The average molecular weight is 616 g/mol. The van der Waals surface area contributed by atoms with Gasteiger partial charge in [-0.25, -0.2) is 4.79 Å². The van der Waals surface area contributed by atoms with Crippen molar-refractivity contribution in [2.45, 2.75) is 64.5 Å². The van der Waals surface area contributed by atoms with E-state index in [-0.39, 0.29) is 29.4 Å². The number of amides is 3. The molecule has 1 saturated carbocycles. The number of nitrogens with zero attached hydrogens (tertiary/aromatic N) is 1. The van der Waals surface area contributed by atoms with Gasteiger partial charge in [0.1, 0.15) is 5.60 Å². The van der Waals surface area contributed by atoms with Crippen molar-refractivity contribution in [1.29, 1.82) is 0 Å². The lowest BCUT2D eigenvalue weighted by Crippen LogP contribution is -2.47. The van der Waals surface area contributed by atoms with E-state index in [1.54, 1.807) is 24.3 Å². The van der Waals surface area contributed by atoms with Crippen LogP contribution in [0.25, 0.3) is 11.1 Å². The topological polar surface area (TPSA) is 87.7 Å². The first-order chi connectivity index (χ1) is 22.1. The molecule has 2 N–H and O–H groups in total. The Morgan fingerprint density at radius 1 is 0.826 bits per heavy atom. The summed E-state index contributed by atoms with van der Waals surface area (Å²) in [7, 11) is 0. The fourth-order valence-corrected chi connectivity index (χ4v) is 6.98. The van der Waals surface area contributed by atoms with Crippen molar-refractivity contribution >= 4 is 29.3 Å². The highest BCUT2D eigenvalue weighted by Crippen LogP contribution is 2.48. The molecular formula is C39H41N3O4. The first kappa shape index (κ1) is 31.1. The van der Waals surface area contributed by atoms with Gasteiger partial charge in [-0.3, -0.25) is 9.59 Å². The SMILES string of the molecule is CC(C)(C)OC(=O)NC1CCCC12CCN(C(=O)c1ccc(NC(=O)c3ccccc3-c3ccccc3)cc1)c1ccccc1C2. The van der Waals surface area contributed by atoms with Crippen molar-refractivity contribution in [3.63, 3.8) is 0 Å². The van der Waals surface area contributed by atoms with Crippen LogP contribution in [0.15, 0.2) is 103 Å². The Bertz CT molecular complexity index is 1730.